The molecule has 3 rings (SSSR count). The van der Waals surface area contributed by atoms with Crippen molar-refractivity contribution in [3.05, 3.63) is 0 Å². The van der Waals surface area contributed by atoms with E-state index in [0.717, 1.165) is 32.3 Å². The molecule has 4 heteroatoms. The van der Waals surface area contributed by atoms with Gasteiger partial charge in [0.05, 0.1) is 31.5 Å². The average Bonchev–Trinajstić information content (AvgIpc) is 2.37. The predicted octanol–water partition coefficient (Wildman–Crippen LogP) is 1.11. The van der Waals surface area contributed by atoms with E-state index in [1.54, 1.807) is 0 Å². The molecule has 2 aliphatic heterocycles. The van der Waals surface area contributed by atoms with Gasteiger partial charge >= 0.3 is 0 Å². The zero-order chi connectivity index (χ0) is 11.7. The molecule has 1 spiro atoms. The summed E-state index contributed by atoms with van der Waals surface area (Å²) in [5.41, 5.74) is 0.0966. The van der Waals surface area contributed by atoms with Crippen LogP contribution in [0.25, 0.3) is 0 Å². The third-order valence-corrected chi connectivity index (χ3v) is 4.50. The Morgan fingerprint density at radius 2 is 2.06 bits per heavy atom. The number of rotatable bonds is 2. The third kappa shape index (κ3) is 2.36. The molecule has 3 atom stereocenters. The minimum atomic E-state index is -0.392. The maximum Gasteiger partial charge on any atom is 0.107 e. The van der Waals surface area contributed by atoms with Crippen molar-refractivity contribution < 1.29 is 19.3 Å². The van der Waals surface area contributed by atoms with E-state index in [1.165, 1.54) is 6.42 Å². The molecule has 3 unspecified atom stereocenters. The molecule has 3 aliphatic rings. The summed E-state index contributed by atoms with van der Waals surface area (Å²) in [6.45, 7) is 2.58. The zero-order valence-electron chi connectivity index (χ0n) is 10.3. The van der Waals surface area contributed by atoms with Crippen LogP contribution in [0.15, 0.2) is 0 Å². The smallest absolute Gasteiger partial charge is 0.107 e. The van der Waals surface area contributed by atoms with Crippen molar-refractivity contribution in [3.63, 3.8) is 0 Å². The highest BCUT2D eigenvalue weighted by Gasteiger charge is 2.45. The van der Waals surface area contributed by atoms with Gasteiger partial charge in [0.25, 0.3) is 0 Å². The molecule has 3 fully saturated rings. The molecule has 0 aromatic carbocycles. The summed E-state index contributed by atoms with van der Waals surface area (Å²) < 4.78 is 16.9. The van der Waals surface area contributed by atoms with Gasteiger partial charge in [-0.2, -0.15) is 0 Å². The fraction of sp³-hybridized carbons (Fsp3) is 1.00. The standard InChI is InChI=1S/C13H22O4/c14-12(11-9-15-6-7-16-11)10-2-5-17-13(8-10)3-1-4-13/h10-12,14H,1-9H2. The summed E-state index contributed by atoms with van der Waals surface area (Å²) in [5.74, 6) is 0.316. The van der Waals surface area contributed by atoms with E-state index in [-0.39, 0.29) is 11.7 Å². The van der Waals surface area contributed by atoms with E-state index < -0.39 is 6.10 Å². The summed E-state index contributed by atoms with van der Waals surface area (Å²) in [6, 6.07) is 0. The van der Waals surface area contributed by atoms with Crippen LogP contribution < -0.4 is 0 Å². The van der Waals surface area contributed by atoms with Gasteiger partial charge in [0.2, 0.25) is 0 Å². The van der Waals surface area contributed by atoms with Crippen LogP contribution in [-0.2, 0) is 14.2 Å². The minimum absolute atomic E-state index is 0.0966. The van der Waals surface area contributed by atoms with Crippen molar-refractivity contribution in [2.75, 3.05) is 26.4 Å². The zero-order valence-corrected chi connectivity index (χ0v) is 10.3. The number of hydrogen-bond donors (Lipinski definition) is 1. The van der Waals surface area contributed by atoms with Crippen molar-refractivity contribution in [2.45, 2.75) is 49.9 Å². The Morgan fingerprint density at radius 3 is 2.71 bits per heavy atom. The number of ether oxygens (including phenoxy) is 3. The summed E-state index contributed by atoms with van der Waals surface area (Å²) >= 11 is 0. The van der Waals surface area contributed by atoms with Crippen molar-refractivity contribution in [2.24, 2.45) is 5.92 Å². The van der Waals surface area contributed by atoms with Crippen LogP contribution >= 0.6 is 0 Å². The molecule has 4 nitrogen and oxygen atoms in total. The van der Waals surface area contributed by atoms with Crippen molar-refractivity contribution in [3.8, 4) is 0 Å². The lowest BCUT2D eigenvalue weighted by Crippen LogP contribution is -2.51. The van der Waals surface area contributed by atoms with Gasteiger partial charge in [0, 0.05) is 6.61 Å². The first kappa shape index (κ1) is 11.9. The quantitative estimate of drug-likeness (QED) is 0.788. The van der Waals surface area contributed by atoms with E-state index in [0.29, 0.717) is 25.7 Å². The van der Waals surface area contributed by atoms with Crippen molar-refractivity contribution >= 4 is 0 Å². The first-order valence-corrected chi connectivity index (χ1v) is 6.80. The van der Waals surface area contributed by atoms with Crippen molar-refractivity contribution in [1.29, 1.82) is 0 Å². The molecule has 0 aromatic heterocycles. The second-order valence-electron chi connectivity index (χ2n) is 5.61. The van der Waals surface area contributed by atoms with Gasteiger partial charge in [-0.05, 0) is 38.0 Å². The monoisotopic (exact) mass is 242 g/mol. The second-order valence-corrected chi connectivity index (χ2v) is 5.61. The molecule has 1 saturated carbocycles. The Kier molecular flexibility index (Phi) is 3.39. The van der Waals surface area contributed by atoms with Crippen molar-refractivity contribution in [1.82, 2.24) is 0 Å². The fourth-order valence-electron chi connectivity index (χ4n) is 3.28. The first-order chi connectivity index (χ1) is 8.29. The Hall–Kier alpha value is -0.160. The van der Waals surface area contributed by atoms with E-state index in [4.69, 9.17) is 14.2 Å². The lowest BCUT2D eigenvalue weighted by Gasteiger charge is -2.48. The molecule has 1 N–H and O–H groups in total. The summed E-state index contributed by atoms with van der Waals surface area (Å²) in [7, 11) is 0. The van der Waals surface area contributed by atoms with Gasteiger partial charge < -0.3 is 19.3 Å². The molecule has 2 heterocycles. The number of hydrogen-bond acceptors (Lipinski definition) is 4. The number of aliphatic hydroxyl groups is 1. The van der Waals surface area contributed by atoms with Gasteiger partial charge in [-0.15, -0.1) is 0 Å². The average molecular weight is 242 g/mol. The van der Waals surface area contributed by atoms with Gasteiger partial charge in [-0.3, -0.25) is 0 Å². The molecule has 0 bridgehead atoms. The molecule has 98 valence electrons. The van der Waals surface area contributed by atoms with Crippen LogP contribution in [0.1, 0.15) is 32.1 Å². The van der Waals surface area contributed by atoms with Crippen LogP contribution in [-0.4, -0.2) is 49.3 Å². The normalized spacial score (nSPS) is 38.6. The van der Waals surface area contributed by atoms with E-state index in [1.807, 2.05) is 0 Å². The molecule has 17 heavy (non-hydrogen) atoms. The largest absolute Gasteiger partial charge is 0.390 e. The molecule has 2 saturated heterocycles. The first-order valence-electron chi connectivity index (χ1n) is 6.80. The van der Waals surface area contributed by atoms with E-state index >= 15 is 0 Å². The highest BCUT2D eigenvalue weighted by Crippen LogP contribution is 2.45. The van der Waals surface area contributed by atoms with Crippen LogP contribution in [0.5, 0.6) is 0 Å². The van der Waals surface area contributed by atoms with Gasteiger partial charge in [0.1, 0.15) is 6.10 Å². The highest BCUT2D eigenvalue weighted by atomic mass is 16.6. The lowest BCUT2D eigenvalue weighted by atomic mass is 9.70. The SMILES string of the molecule is OC(C1CCOC2(CCC2)C1)C1COCCO1. The predicted molar refractivity (Wildman–Crippen MR) is 61.8 cm³/mol. The minimum Gasteiger partial charge on any atom is -0.390 e. The van der Waals surface area contributed by atoms with Gasteiger partial charge in [-0.25, -0.2) is 0 Å². The van der Waals surface area contributed by atoms with Crippen LogP contribution in [0, 0.1) is 5.92 Å². The molecule has 0 amide bonds. The molecule has 0 radical (unpaired) electrons. The van der Waals surface area contributed by atoms with E-state index in [2.05, 4.69) is 0 Å². The van der Waals surface area contributed by atoms with Gasteiger partial charge in [-0.1, -0.05) is 0 Å². The maximum absolute atomic E-state index is 10.4. The van der Waals surface area contributed by atoms with E-state index in [9.17, 15) is 5.11 Å². The van der Waals surface area contributed by atoms with Gasteiger partial charge in [0.15, 0.2) is 0 Å². The highest BCUT2D eigenvalue weighted by molar-refractivity contribution is 4.96. The summed E-state index contributed by atoms with van der Waals surface area (Å²) in [4.78, 5) is 0. The van der Waals surface area contributed by atoms with Crippen LogP contribution in [0.4, 0.5) is 0 Å². The summed E-state index contributed by atoms with van der Waals surface area (Å²) in [6.07, 6.45) is 5.01. The van der Waals surface area contributed by atoms with Crippen LogP contribution in [0.2, 0.25) is 0 Å². The molecular formula is C13H22O4. The molecule has 1 aliphatic carbocycles. The van der Waals surface area contributed by atoms with Crippen LogP contribution in [0.3, 0.4) is 0 Å². The maximum atomic E-state index is 10.4. The Labute approximate surface area is 102 Å². The summed E-state index contributed by atoms with van der Waals surface area (Å²) in [5, 5.41) is 10.4. The lowest BCUT2D eigenvalue weighted by molar-refractivity contribution is -0.187. The second kappa shape index (κ2) is 4.84. The third-order valence-electron chi connectivity index (χ3n) is 4.50. The topological polar surface area (TPSA) is 47.9 Å². The molecule has 0 aromatic rings. The fourth-order valence-corrected chi connectivity index (χ4v) is 3.28. The Balaban J connectivity index is 1.58. The Morgan fingerprint density at radius 1 is 1.18 bits per heavy atom. The number of aliphatic hydroxyl groups excluding tert-OH is 1. The Bertz CT molecular complexity index is 258. The molecular weight excluding hydrogens is 220 g/mol.